The van der Waals surface area contributed by atoms with E-state index < -0.39 is 0 Å². The van der Waals surface area contributed by atoms with Crippen LogP contribution in [-0.2, 0) is 11.3 Å². The second kappa shape index (κ2) is 8.88. The van der Waals surface area contributed by atoms with E-state index in [4.69, 9.17) is 5.26 Å². The number of aromatic nitrogens is 1. The first-order valence-corrected chi connectivity index (χ1v) is 9.72. The minimum absolute atomic E-state index is 0.0769. The van der Waals surface area contributed by atoms with Gasteiger partial charge in [-0.2, -0.15) is 5.26 Å². The average molecular weight is 364 g/mol. The fourth-order valence-corrected chi connectivity index (χ4v) is 3.70. The fraction of sp³-hybridized carbons (Fsp3) is 0.455. The number of nitrogens with zero attached hydrogens (tertiary/aromatic N) is 4. The summed E-state index contributed by atoms with van der Waals surface area (Å²) in [6.07, 6.45) is 6.11. The standard InChI is InChI=1S/C22H28N4O/c1-18(2)16-24-12-14-25(15-13-24)22(27)9-8-19-17-26(11-5-10-23)21-7-4-3-6-20(19)21/h3-4,6-9,17-18H,5,11-16H2,1-2H3. The largest absolute Gasteiger partial charge is 0.346 e. The Labute approximate surface area is 161 Å². The molecular weight excluding hydrogens is 336 g/mol. The molecule has 0 atom stereocenters. The molecule has 1 amide bonds. The van der Waals surface area contributed by atoms with Crippen LogP contribution in [0.25, 0.3) is 17.0 Å². The maximum Gasteiger partial charge on any atom is 0.246 e. The molecule has 0 N–H and O–H groups in total. The van der Waals surface area contributed by atoms with Crippen molar-refractivity contribution in [3.63, 3.8) is 0 Å². The molecule has 1 fully saturated rings. The lowest BCUT2D eigenvalue weighted by atomic mass is 10.1. The SMILES string of the molecule is CC(C)CN1CCN(C(=O)C=Cc2cn(CCC#N)c3ccccc23)CC1. The van der Waals surface area contributed by atoms with Crippen LogP contribution >= 0.6 is 0 Å². The number of fused-ring (bicyclic) bond motifs is 1. The molecule has 5 heteroatoms. The van der Waals surface area contributed by atoms with Gasteiger partial charge in [0, 0.05) is 68.0 Å². The number of para-hydroxylation sites is 1. The maximum atomic E-state index is 12.6. The molecule has 1 aromatic carbocycles. The summed E-state index contributed by atoms with van der Waals surface area (Å²) < 4.78 is 2.09. The molecule has 142 valence electrons. The molecule has 0 saturated carbocycles. The first kappa shape index (κ1) is 19.2. The van der Waals surface area contributed by atoms with E-state index in [1.165, 1.54) is 0 Å². The summed E-state index contributed by atoms with van der Waals surface area (Å²) in [7, 11) is 0. The van der Waals surface area contributed by atoms with Crippen LogP contribution in [0.2, 0.25) is 0 Å². The molecule has 2 aromatic rings. The highest BCUT2D eigenvalue weighted by Crippen LogP contribution is 2.23. The zero-order valence-electron chi connectivity index (χ0n) is 16.3. The van der Waals surface area contributed by atoms with Crippen molar-refractivity contribution in [2.24, 2.45) is 5.92 Å². The lowest BCUT2D eigenvalue weighted by Crippen LogP contribution is -2.49. The van der Waals surface area contributed by atoms with Crippen molar-refractivity contribution in [3.05, 3.63) is 42.1 Å². The summed E-state index contributed by atoms with van der Waals surface area (Å²) in [5.41, 5.74) is 2.12. The Morgan fingerprint density at radius 2 is 1.96 bits per heavy atom. The Balaban J connectivity index is 1.67. The van der Waals surface area contributed by atoms with Crippen LogP contribution in [0.5, 0.6) is 0 Å². The second-order valence-electron chi connectivity index (χ2n) is 7.56. The number of carbonyl (C=O) groups excluding carboxylic acids is 1. The molecular formula is C22H28N4O. The molecule has 27 heavy (non-hydrogen) atoms. The number of rotatable bonds is 6. The lowest BCUT2D eigenvalue weighted by molar-refractivity contribution is -0.127. The molecule has 0 spiro atoms. The number of carbonyl (C=O) groups is 1. The third-order valence-corrected chi connectivity index (χ3v) is 5.00. The van der Waals surface area contributed by atoms with E-state index in [-0.39, 0.29) is 5.91 Å². The van der Waals surface area contributed by atoms with Crippen molar-refractivity contribution in [1.82, 2.24) is 14.4 Å². The summed E-state index contributed by atoms with van der Waals surface area (Å²) in [5, 5.41) is 9.97. The minimum atomic E-state index is 0.0769. The van der Waals surface area contributed by atoms with E-state index >= 15 is 0 Å². The molecule has 3 rings (SSSR count). The molecule has 0 unspecified atom stereocenters. The molecule has 5 nitrogen and oxygen atoms in total. The van der Waals surface area contributed by atoms with Crippen LogP contribution in [0.4, 0.5) is 0 Å². The number of hydrogen-bond acceptors (Lipinski definition) is 3. The quantitative estimate of drug-likeness (QED) is 0.739. The van der Waals surface area contributed by atoms with Crippen molar-refractivity contribution in [3.8, 4) is 6.07 Å². The van der Waals surface area contributed by atoms with Gasteiger partial charge in [0.15, 0.2) is 0 Å². The van der Waals surface area contributed by atoms with Crippen LogP contribution in [0.3, 0.4) is 0 Å². The van der Waals surface area contributed by atoms with Gasteiger partial charge < -0.3 is 9.47 Å². The van der Waals surface area contributed by atoms with E-state index in [0.29, 0.717) is 18.9 Å². The predicted molar refractivity (Wildman–Crippen MR) is 109 cm³/mol. The van der Waals surface area contributed by atoms with Gasteiger partial charge in [0.05, 0.1) is 12.5 Å². The van der Waals surface area contributed by atoms with Crippen molar-refractivity contribution >= 4 is 22.9 Å². The van der Waals surface area contributed by atoms with Crippen LogP contribution in [-0.4, -0.2) is 53.0 Å². The number of benzene rings is 1. The Hall–Kier alpha value is -2.58. The van der Waals surface area contributed by atoms with E-state index in [9.17, 15) is 4.79 Å². The average Bonchev–Trinajstić information content (AvgIpc) is 3.02. The topological polar surface area (TPSA) is 52.3 Å². The van der Waals surface area contributed by atoms with Crippen LogP contribution in [0.1, 0.15) is 25.8 Å². The Kier molecular flexibility index (Phi) is 6.31. The van der Waals surface area contributed by atoms with E-state index in [2.05, 4.69) is 41.5 Å². The minimum Gasteiger partial charge on any atom is -0.346 e. The van der Waals surface area contributed by atoms with Crippen molar-refractivity contribution in [2.75, 3.05) is 32.7 Å². The van der Waals surface area contributed by atoms with Crippen LogP contribution in [0, 0.1) is 17.2 Å². The van der Waals surface area contributed by atoms with Gasteiger partial charge in [-0.1, -0.05) is 32.0 Å². The third kappa shape index (κ3) is 4.78. The summed E-state index contributed by atoms with van der Waals surface area (Å²) >= 11 is 0. The molecule has 0 bridgehead atoms. The lowest BCUT2D eigenvalue weighted by Gasteiger charge is -2.35. The second-order valence-corrected chi connectivity index (χ2v) is 7.56. The van der Waals surface area contributed by atoms with Crippen LogP contribution < -0.4 is 0 Å². The van der Waals surface area contributed by atoms with Gasteiger partial charge in [0.1, 0.15) is 0 Å². The Bertz CT molecular complexity index is 851. The van der Waals surface area contributed by atoms with Crippen LogP contribution in [0.15, 0.2) is 36.5 Å². The van der Waals surface area contributed by atoms with Gasteiger partial charge in [0.2, 0.25) is 5.91 Å². The number of nitriles is 1. The summed E-state index contributed by atoms with van der Waals surface area (Å²) in [6, 6.07) is 10.3. The number of amides is 1. The summed E-state index contributed by atoms with van der Waals surface area (Å²) in [6.45, 7) is 9.70. The van der Waals surface area contributed by atoms with Gasteiger partial charge >= 0.3 is 0 Å². The number of aryl methyl sites for hydroxylation is 1. The van der Waals surface area contributed by atoms with E-state index in [1.807, 2.05) is 29.3 Å². The first-order valence-electron chi connectivity index (χ1n) is 9.72. The number of hydrogen-bond donors (Lipinski definition) is 0. The maximum absolute atomic E-state index is 12.6. The van der Waals surface area contributed by atoms with Gasteiger partial charge in [-0.05, 0) is 18.1 Å². The van der Waals surface area contributed by atoms with Gasteiger partial charge in [-0.3, -0.25) is 9.69 Å². The molecule has 0 aliphatic carbocycles. The normalized spacial score (nSPS) is 15.7. The summed E-state index contributed by atoms with van der Waals surface area (Å²) in [5.74, 6) is 0.735. The molecule has 1 aliphatic heterocycles. The van der Waals surface area contributed by atoms with Gasteiger partial charge in [-0.25, -0.2) is 0 Å². The molecule has 0 radical (unpaired) electrons. The Morgan fingerprint density at radius 1 is 1.22 bits per heavy atom. The van der Waals surface area contributed by atoms with Gasteiger partial charge in [-0.15, -0.1) is 0 Å². The molecule has 1 saturated heterocycles. The van der Waals surface area contributed by atoms with E-state index in [0.717, 1.165) is 49.2 Å². The zero-order chi connectivity index (χ0) is 19.2. The Morgan fingerprint density at radius 3 is 2.67 bits per heavy atom. The highest BCUT2D eigenvalue weighted by atomic mass is 16.2. The van der Waals surface area contributed by atoms with Crippen molar-refractivity contribution < 1.29 is 4.79 Å². The summed E-state index contributed by atoms with van der Waals surface area (Å²) in [4.78, 5) is 17.0. The fourth-order valence-electron chi connectivity index (χ4n) is 3.70. The third-order valence-electron chi connectivity index (χ3n) is 5.00. The monoisotopic (exact) mass is 364 g/mol. The number of piperazine rings is 1. The molecule has 2 heterocycles. The predicted octanol–water partition coefficient (Wildman–Crippen LogP) is 3.37. The van der Waals surface area contributed by atoms with Gasteiger partial charge in [0.25, 0.3) is 0 Å². The van der Waals surface area contributed by atoms with Crippen molar-refractivity contribution in [2.45, 2.75) is 26.8 Å². The zero-order valence-corrected chi connectivity index (χ0v) is 16.3. The smallest absolute Gasteiger partial charge is 0.246 e. The molecule has 1 aromatic heterocycles. The highest BCUT2D eigenvalue weighted by Gasteiger charge is 2.20. The highest BCUT2D eigenvalue weighted by molar-refractivity contribution is 5.96. The van der Waals surface area contributed by atoms with E-state index in [1.54, 1.807) is 6.08 Å². The first-order chi connectivity index (χ1) is 13.1. The molecule has 1 aliphatic rings. The van der Waals surface area contributed by atoms with Crippen molar-refractivity contribution in [1.29, 1.82) is 5.26 Å².